The van der Waals surface area contributed by atoms with E-state index < -0.39 is 69.8 Å². The van der Waals surface area contributed by atoms with Gasteiger partial charge in [0.2, 0.25) is 0 Å². The molecule has 8 aliphatic rings. The van der Waals surface area contributed by atoms with E-state index in [1.165, 1.54) is 24.3 Å². The molecule has 11 nitrogen and oxygen atoms in total. The maximum Gasteiger partial charge on any atom is 0.160 e. The van der Waals surface area contributed by atoms with E-state index in [0.29, 0.717) is 36.9 Å². The predicted molar refractivity (Wildman–Crippen MR) is 195 cm³/mol. The van der Waals surface area contributed by atoms with Crippen molar-refractivity contribution in [3.8, 4) is 11.5 Å². The molecule has 5 fully saturated rings. The van der Waals surface area contributed by atoms with Gasteiger partial charge in [0.25, 0.3) is 0 Å². The Kier molecular flexibility index (Phi) is 8.56. The minimum absolute atomic E-state index is 0.0466. The molecule has 0 amide bonds. The molecule has 53 heavy (non-hydrogen) atoms. The highest BCUT2D eigenvalue weighted by atomic mass is 16.6. The Morgan fingerprint density at radius 1 is 0.962 bits per heavy atom. The molecule has 9 N–H and O–H groups in total. The van der Waals surface area contributed by atoms with Gasteiger partial charge in [-0.2, -0.15) is 0 Å². The topological polar surface area (TPSA) is 200 Å². The van der Waals surface area contributed by atoms with Gasteiger partial charge < -0.3 is 50.9 Å². The lowest BCUT2D eigenvalue weighted by atomic mass is 9.43. The Labute approximate surface area is 311 Å². The minimum Gasteiger partial charge on any atom is -0.508 e. The van der Waals surface area contributed by atoms with Crippen LogP contribution in [0.5, 0.6) is 11.5 Å². The van der Waals surface area contributed by atoms with Gasteiger partial charge in [-0.15, -0.1) is 0 Å². The van der Waals surface area contributed by atoms with Crippen LogP contribution in [0.25, 0.3) is 0 Å². The molecule has 1 spiro atoms. The minimum atomic E-state index is -1.73. The maximum atomic E-state index is 14.5. The van der Waals surface area contributed by atoms with Gasteiger partial charge in [0.15, 0.2) is 5.78 Å². The van der Waals surface area contributed by atoms with Crippen LogP contribution >= 0.6 is 0 Å². The van der Waals surface area contributed by atoms with E-state index in [1.54, 1.807) is 0 Å². The lowest BCUT2D eigenvalue weighted by Gasteiger charge is -2.62. The zero-order valence-electron chi connectivity index (χ0n) is 31.6. The number of carbonyl (C=O) groups is 1. The number of aliphatic hydroxyl groups is 6. The van der Waals surface area contributed by atoms with Crippen LogP contribution in [0.2, 0.25) is 0 Å². The van der Waals surface area contributed by atoms with Gasteiger partial charge >= 0.3 is 0 Å². The summed E-state index contributed by atoms with van der Waals surface area (Å²) >= 11 is 0. The molecule has 2 bridgehead atoms. The number of ketones is 1. The van der Waals surface area contributed by atoms with Crippen molar-refractivity contribution in [1.82, 2.24) is 5.32 Å². The zero-order chi connectivity index (χ0) is 38.3. The molecule has 0 aromatic heterocycles. The Hall–Kier alpha value is -2.35. The summed E-state index contributed by atoms with van der Waals surface area (Å²) in [6.07, 6.45) is 2.17. The van der Waals surface area contributed by atoms with E-state index in [4.69, 9.17) is 4.74 Å². The summed E-state index contributed by atoms with van der Waals surface area (Å²) in [5.41, 5.74) is -4.99. The SMILES string of the molecule is CCNCC1=C[C@]2(C)CC[C@@H]1[C@]1(O[C@H]3C[C@]4(O)C5=CC(=O)[C@H]6[C@@H](c7cc(O)cc(O)c7)[C@@H](O)[C@@H](O)C[C@]6(C)[C@@H]5CC[C@]4(C)[C@@H]3[C@]1(O)CCO)[C@@H](O)[C@H]2C. The van der Waals surface area contributed by atoms with Gasteiger partial charge in [-0.25, -0.2) is 0 Å². The molecule has 1 aliphatic heterocycles. The Bertz CT molecular complexity index is 1730. The average molecular weight is 738 g/mol. The number of carbonyl (C=O) groups excluding carboxylic acids is 1. The van der Waals surface area contributed by atoms with Gasteiger partial charge in [0.1, 0.15) is 22.7 Å². The largest absolute Gasteiger partial charge is 0.508 e. The molecule has 1 aromatic carbocycles. The number of aromatic hydroxyl groups is 2. The number of likely N-dealkylation sites (N-methyl/N-ethyl adjacent to an activating group) is 1. The Balaban J connectivity index is 1.23. The van der Waals surface area contributed by atoms with E-state index in [1.807, 2.05) is 27.7 Å². The number of hydrogen-bond donors (Lipinski definition) is 9. The first kappa shape index (κ1) is 37.6. The highest BCUT2D eigenvalue weighted by Gasteiger charge is 2.82. The van der Waals surface area contributed by atoms with Crippen LogP contribution in [-0.2, 0) is 9.53 Å². The van der Waals surface area contributed by atoms with E-state index in [2.05, 4.69) is 18.3 Å². The van der Waals surface area contributed by atoms with Gasteiger partial charge in [-0.1, -0.05) is 46.3 Å². The monoisotopic (exact) mass is 737 g/mol. The van der Waals surface area contributed by atoms with Crippen LogP contribution in [-0.4, -0.2) is 108 Å². The fourth-order valence-corrected chi connectivity index (χ4v) is 14.0. The van der Waals surface area contributed by atoms with Gasteiger partial charge in [-0.3, -0.25) is 4.79 Å². The van der Waals surface area contributed by atoms with Crippen molar-refractivity contribution in [2.45, 2.75) is 127 Å². The van der Waals surface area contributed by atoms with E-state index in [9.17, 15) is 45.6 Å². The normalized spacial score (nSPS) is 51.3. The third-order valence-corrected chi connectivity index (χ3v) is 16.5. The van der Waals surface area contributed by atoms with Crippen LogP contribution < -0.4 is 5.32 Å². The smallest absolute Gasteiger partial charge is 0.160 e. The van der Waals surface area contributed by atoms with Crippen LogP contribution in [0, 0.1) is 45.8 Å². The fraction of sp³-hybridized carbons (Fsp3) is 0.738. The number of phenols is 2. The number of rotatable bonds is 6. The van der Waals surface area contributed by atoms with Gasteiger partial charge in [-0.05, 0) is 90.7 Å². The summed E-state index contributed by atoms with van der Waals surface area (Å²) in [6.45, 7) is 11.1. The van der Waals surface area contributed by atoms with E-state index in [0.717, 1.165) is 18.5 Å². The van der Waals surface area contributed by atoms with Gasteiger partial charge in [0, 0.05) is 61.1 Å². The summed E-state index contributed by atoms with van der Waals surface area (Å²) in [5, 5.41) is 96.8. The van der Waals surface area contributed by atoms with Crippen molar-refractivity contribution in [2.75, 3.05) is 19.7 Å². The second-order valence-corrected chi connectivity index (χ2v) is 18.8. The summed E-state index contributed by atoms with van der Waals surface area (Å²) < 4.78 is 7.25. The number of fused-ring (bicyclic) bond motifs is 9. The number of benzene rings is 1. The summed E-state index contributed by atoms with van der Waals surface area (Å²) in [4.78, 5) is 14.5. The first-order valence-electron chi connectivity index (χ1n) is 19.9. The first-order chi connectivity index (χ1) is 24.9. The van der Waals surface area contributed by atoms with Crippen LogP contribution in [0.1, 0.15) is 91.0 Å². The molecule has 0 unspecified atom stereocenters. The summed E-state index contributed by atoms with van der Waals surface area (Å²) in [6, 6.07) is 3.99. The molecule has 11 heteroatoms. The van der Waals surface area contributed by atoms with Crippen LogP contribution in [0.15, 0.2) is 41.5 Å². The van der Waals surface area contributed by atoms with Crippen molar-refractivity contribution in [3.05, 3.63) is 47.1 Å². The second kappa shape index (κ2) is 12.1. The molecular formula is C42H59NO10. The molecule has 4 saturated carbocycles. The van der Waals surface area contributed by atoms with Crippen LogP contribution in [0.4, 0.5) is 0 Å². The Morgan fingerprint density at radius 3 is 2.30 bits per heavy atom. The molecule has 292 valence electrons. The molecule has 1 saturated heterocycles. The summed E-state index contributed by atoms with van der Waals surface area (Å²) in [5.74, 6) is -4.11. The highest BCUT2D eigenvalue weighted by Crippen LogP contribution is 2.75. The quantitative estimate of drug-likeness (QED) is 0.195. The third kappa shape index (κ3) is 4.65. The first-order valence-corrected chi connectivity index (χ1v) is 19.9. The molecule has 1 heterocycles. The standard InChI is InChI=1S/C42H59NO10/c1-6-43-20-23-17-37(3)9-7-26(23)42(36(50)21(37)2)40(51,11-12-44)35-31(53-42)19-41(52)28-16-29(47)33-32(22-13-24(45)15-25(46)14-22)34(49)30(48)18-38(33,4)27(28)8-10-39(35,41)5/h13-17,21,26-27,30-36,43-46,48-52H,6-12,18-20H2,1-5H3/t21-,26+,27-,30+,31+,32-,33+,34+,35-,36+,37+,38-,39-,40-,41+,42+/m1/s1. The number of allylic oxidation sites excluding steroid dienone is 2. The summed E-state index contributed by atoms with van der Waals surface area (Å²) in [7, 11) is 0. The van der Waals surface area contributed by atoms with Crippen molar-refractivity contribution < 1.29 is 50.4 Å². The number of aliphatic hydroxyl groups excluding tert-OH is 4. The number of ether oxygens (including phenoxy) is 1. The molecular weight excluding hydrogens is 678 g/mol. The lowest BCUT2D eigenvalue weighted by molar-refractivity contribution is -0.245. The number of nitrogens with one attached hydrogen (secondary N) is 1. The average Bonchev–Trinajstić information content (AvgIpc) is 3.43. The molecule has 9 rings (SSSR count). The van der Waals surface area contributed by atoms with Crippen LogP contribution in [0.3, 0.4) is 0 Å². The van der Waals surface area contributed by atoms with Crippen molar-refractivity contribution in [3.63, 3.8) is 0 Å². The lowest BCUT2D eigenvalue weighted by Crippen LogP contribution is -2.70. The number of hydrogen-bond acceptors (Lipinski definition) is 11. The maximum absolute atomic E-state index is 14.5. The predicted octanol–water partition coefficient (Wildman–Crippen LogP) is 2.82. The van der Waals surface area contributed by atoms with Crippen molar-refractivity contribution in [2.24, 2.45) is 45.8 Å². The zero-order valence-corrected chi connectivity index (χ0v) is 31.6. The molecule has 0 radical (unpaired) electrons. The third-order valence-electron chi connectivity index (χ3n) is 16.5. The van der Waals surface area contributed by atoms with Crippen molar-refractivity contribution >= 4 is 5.78 Å². The molecule has 7 aliphatic carbocycles. The van der Waals surface area contributed by atoms with Crippen molar-refractivity contribution in [1.29, 1.82) is 0 Å². The van der Waals surface area contributed by atoms with E-state index >= 15 is 0 Å². The fourth-order valence-electron chi connectivity index (χ4n) is 14.0. The molecule has 16 atom stereocenters. The van der Waals surface area contributed by atoms with E-state index in [-0.39, 0.29) is 66.3 Å². The molecule has 1 aromatic rings. The van der Waals surface area contributed by atoms with Gasteiger partial charge in [0.05, 0.1) is 30.0 Å². The second-order valence-electron chi connectivity index (χ2n) is 18.8. The Morgan fingerprint density at radius 2 is 1.64 bits per heavy atom. The highest BCUT2D eigenvalue weighted by molar-refractivity contribution is 5.96. The number of phenolic OH excluding ortho intramolecular Hbond substituents is 2.